The summed E-state index contributed by atoms with van der Waals surface area (Å²) in [5.41, 5.74) is 10.4. The minimum absolute atomic E-state index is 0.174. The molecule has 2 amide bonds. The quantitative estimate of drug-likeness (QED) is 0.470. The number of carbonyl (C=O) groups excluding carboxylic acids is 2. The number of nitrogens with one attached hydrogen (secondary N) is 1. The first-order valence-corrected chi connectivity index (χ1v) is 4.39. The van der Waals surface area contributed by atoms with Gasteiger partial charge in [0.05, 0.1) is 6.04 Å². The summed E-state index contributed by atoms with van der Waals surface area (Å²) in [4.78, 5) is 21.4. The van der Waals surface area contributed by atoms with Crippen LogP contribution < -0.4 is 16.8 Å². The van der Waals surface area contributed by atoms with E-state index in [2.05, 4.69) is 5.32 Å². The smallest absolute Gasteiger partial charge is 0.236 e. The molecule has 0 saturated carbocycles. The molecule has 1 atom stereocenters. The molecule has 5 N–H and O–H groups in total. The third-order valence-electron chi connectivity index (χ3n) is 1.68. The Morgan fingerprint density at radius 1 is 1.46 bits per heavy atom. The van der Waals surface area contributed by atoms with E-state index in [1.165, 1.54) is 0 Å². The molecule has 0 aliphatic heterocycles. The standard InChI is InChI=1S/C8H17N3O2/c1-2-6(9)8(13)11-5-3-4-7(10)12/h6H,2-5,9H2,1H3,(H2,10,12)(H,11,13). The van der Waals surface area contributed by atoms with Gasteiger partial charge in [-0.3, -0.25) is 9.59 Å². The zero-order chi connectivity index (χ0) is 10.3. The first kappa shape index (κ1) is 11.9. The second kappa shape index (κ2) is 6.42. The summed E-state index contributed by atoms with van der Waals surface area (Å²) in [6.07, 6.45) is 1.47. The zero-order valence-electron chi connectivity index (χ0n) is 7.88. The number of rotatable bonds is 6. The lowest BCUT2D eigenvalue weighted by Gasteiger charge is -2.08. The molecule has 0 aromatic carbocycles. The van der Waals surface area contributed by atoms with Crippen LogP contribution in [0.15, 0.2) is 0 Å². The molecule has 0 aromatic heterocycles. The van der Waals surface area contributed by atoms with Crippen LogP contribution in [0.5, 0.6) is 0 Å². The Balaban J connectivity index is 3.42. The molecular weight excluding hydrogens is 170 g/mol. The molecule has 0 radical (unpaired) electrons. The van der Waals surface area contributed by atoms with Gasteiger partial charge in [0, 0.05) is 13.0 Å². The average Bonchev–Trinajstić information content (AvgIpc) is 2.10. The molecule has 5 nitrogen and oxygen atoms in total. The van der Waals surface area contributed by atoms with Gasteiger partial charge in [0.25, 0.3) is 0 Å². The molecule has 0 heterocycles. The Bertz CT molecular complexity index is 182. The fraction of sp³-hybridized carbons (Fsp3) is 0.750. The summed E-state index contributed by atoms with van der Waals surface area (Å²) in [5.74, 6) is -0.527. The lowest BCUT2D eigenvalue weighted by molar-refractivity contribution is -0.123. The molecule has 13 heavy (non-hydrogen) atoms. The highest BCUT2D eigenvalue weighted by molar-refractivity contribution is 5.81. The molecule has 0 saturated heterocycles. The van der Waals surface area contributed by atoms with Crippen molar-refractivity contribution in [2.45, 2.75) is 32.2 Å². The summed E-state index contributed by atoms with van der Waals surface area (Å²) in [7, 11) is 0. The van der Waals surface area contributed by atoms with Crippen molar-refractivity contribution in [1.29, 1.82) is 0 Å². The molecule has 0 fully saturated rings. The predicted molar refractivity (Wildman–Crippen MR) is 49.7 cm³/mol. The number of nitrogens with two attached hydrogens (primary N) is 2. The number of hydrogen-bond acceptors (Lipinski definition) is 3. The summed E-state index contributed by atoms with van der Waals surface area (Å²) >= 11 is 0. The van der Waals surface area contributed by atoms with Crippen LogP contribution in [-0.2, 0) is 9.59 Å². The second-order valence-electron chi connectivity index (χ2n) is 2.88. The van der Waals surface area contributed by atoms with Gasteiger partial charge in [-0.25, -0.2) is 0 Å². The van der Waals surface area contributed by atoms with Crippen molar-refractivity contribution < 1.29 is 9.59 Å². The fourth-order valence-electron chi connectivity index (χ4n) is 0.791. The molecule has 0 aliphatic rings. The Morgan fingerprint density at radius 3 is 2.54 bits per heavy atom. The molecule has 0 aliphatic carbocycles. The number of carbonyl (C=O) groups is 2. The number of amides is 2. The lowest BCUT2D eigenvalue weighted by Crippen LogP contribution is -2.40. The third kappa shape index (κ3) is 6.10. The monoisotopic (exact) mass is 187 g/mol. The summed E-state index contributed by atoms with van der Waals surface area (Å²) < 4.78 is 0. The van der Waals surface area contributed by atoms with Gasteiger partial charge in [-0.05, 0) is 12.8 Å². The van der Waals surface area contributed by atoms with Crippen LogP contribution in [0.4, 0.5) is 0 Å². The molecular formula is C8H17N3O2. The van der Waals surface area contributed by atoms with Gasteiger partial charge in [-0.1, -0.05) is 6.92 Å². The van der Waals surface area contributed by atoms with Crippen LogP contribution in [0.3, 0.4) is 0 Å². The van der Waals surface area contributed by atoms with Crippen molar-refractivity contribution in [3.05, 3.63) is 0 Å². The van der Waals surface area contributed by atoms with E-state index in [1.807, 2.05) is 6.92 Å². The van der Waals surface area contributed by atoms with Gasteiger partial charge in [0.1, 0.15) is 0 Å². The molecule has 76 valence electrons. The highest BCUT2D eigenvalue weighted by Gasteiger charge is 2.09. The van der Waals surface area contributed by atoms with Crippen molar-refractivity contribution in [2.75, 3.05) is 6.54 Å². The maximum absolute atomic E-state index is 11.1. The maximum atomic E-state index is 11.1. The van der Waals surface area contributed by atoms with E-state index in [4.69, 9.17) is 11.5 Å². The topological polar surface area (TPSA) is 98.2 Å². The number of primary amides is 1. The van der Waals surface area contributed by atoms with Gasteiger partial charge in [0.15, 0.2) is 0 Å². The van der Waals surface area contributed by atoms with E-state index in [-0.39, 0.29) is 11.8 Å². The zero-order valence-corrected chi connectivity index (χ0v) is 7.88. The van der Waals surface area contributed by atoms with Gasteiger partial charge >= 0.3 is 0 Å². The van der Waals surface area contributed by atoms with Crippen molar-refractivity contribution in [3.8, 4) is 0 Å². The summed E-state index contributed by atoms with van der Waals surface area (Å²) in [6, 6.07) is -0.450. The van der Waals surface area contributed by atoms with E-state index in [0.717, 1.165) is 0 Å². The summed E-state index contributed by atoms with van der Waals surface area (Å²) in [5, 5.41) is 2.62. The minimum atomic E-state index is -0.450. The normalized spacial score (nSPS) is 12.2. The molecule has 0 bridgehead atoms. The highest BCUT2D eigenvalue weighted by atomic mass is 16.2. The average molecular weight is 187 g/mol. The predicted octanol–water partition coefficient (Wildman–Crippen LogP) is -0.895. The van der Waals surface area contributed by atoms with Crippen LogP contribution in [0, 0.1) is 0 Å². The minimum Gasteiger partial charge on any atom is -0.370 e. The molecule has 1 unspecified atom stereocenters. The molecule has 5 heteroatoms. The van der Waals surface area contributed by atoms with E-state index < -0.39 is 6.04 Å². The van der Waals surface area contributed by atoms with Crippen LogP contribution in [0.1, 0.15) is 26.2 Å². The fourth-order valence-corrected chi connectivity index (χ4v) is 0.791. The Hall–Kier alpha value is -1.10. The van der Waals surface area contributed by atoms with Crippen LogP contribution in [-0.4, -0.2) is 24.4 Å². The SMILES string of the molecule is CCC(N)C(=O)NCCCC(N)=O. The van der Waals surface area contributed by atoms with Gasteiger partial charge in [0.2, 0.25) is 11.8 Å². The molecule has 0 spiro atoms. The van der Waals surface area contributed by atoms with Crippen molar-refractivity contribution in [2.24, 2.45) is 11.5 Å². The Kier molecular flexibility index (Phi) is 5.88. The summed E-state index contributed by atoms with van der Waals surface area (Å²) in [6.45, 7) is 2.29. The Morgan fingerprint density at radius 2 is 2.08 bits per heavy atom. The second-order valence-corrected chi connectivity index (χ2v) is 2.88. The first-order chi connectivity index (χ1) is 6.07. The van der Waals surface area contributed by atoms with Crippen LogP contribution in [0.25, 0.3) is 0 Å². The van der Waals surface area contributed by atoms with Crippen LogP contribution in [0.2, 0.25) is 0 Å². The number of hydrogen-bond donors (Lipinski definition) is 3. The van der Waals surface area contributed by atoms with Gasteiger partial charge in [-0.15, -0.1) is 0 Å². The molecule has 0 rings (SSSR count). The first-order valence-electron chi connectivity index (χ1n) is 4.39. The van der Waals surface area contributed by atoms with Crippen molar-refractivity contribution in [1.82, 2.24) is 5.32 Å². The maximum Gasteiger partial charge on any atom is 0.236 e. The van der Waals surface area contributed by atoms with E-state index in [0.29, 0.717) is 25.8 Å². The van der Waals surface area contributed by atoms with Crippen LogP contribution >= 0.6 is 0 Å². The largest absolute Gasteiger partial charge is 0.370 e. The lowest BCUT2D eigenvalue weighted by atomic mass is 10.2. The third-order valence-corrected chi connectivity index (χ3v) is 1.68. The van der Waals surface area contributed by atoms with Crippen molar-refractivity contribution in [3.63, 3.8) is 0 Å². The van der Waals surface area contributed by atoms with Gasteiger partial charge in [-0.2, -0.15) is 0 Å². The van der Waals surface area contributed by atoms with E-state index in [9.17, 15) is 9.59 Å². The van der Waals surface area contributed by atoms with E-state index >= 15 is 0 Å². The van der Waals surface area contributed by atoms with E-state index in [1.54, 1.807) is 0 Å². The Labute approximate surface area is 77.8 Å². The van der Waals surface area contributed by atoms with Gasteiger partial charge < -0.3 is 16.8 Å². The molecule has 0 aromatic rings. The van der Waals surface area contributed by atoms with Crippen molar-refractivity contribution >= 4 is 11.8 Å². The highest BCUT2D eigenvalue weighted by Crippen LogP contribution is 1.88.